The zero-order valence-corrected chi connectivity index (χ0v) is 12.7. The molecular weight excluding hydrogens is 279 g/mol. The lowest BCUT2D eigenvalue weighted by Crippen LogP contribution is -2.07. The van der Waals surface area contributed by atoms with E-state index in [1.54, 1.807) is 16.8 Å². The first-order valence-electron chi connectivity index (χ1n) is 6.69. The Morgan fingerprint density at radius 3 is 2.75 bits per heavy atom. The zero-order valence-electron chi connectivity index (χ0n) is 11.9. The van der Waals surface area contributed by atoms with E-state index >= 15 is 0 Å². The van der Waals surface area contributed by atoms with Crippen LogP contribution in [0.2, 0.25) is 5.02 Å². The second kappa shape index (κ2) is 6.27. The number of benzene rings is 1. The van der Waals surface area contributed by atoms with E-state index in [1.807, 2.05) is 20.8 Å². The molecule has 0 aliphatic rings. The standard InChI is InChI=1S/C15H18ClFN2O/c1-4-12-15(16)13(19(5-2)18-12)9-20-14-8-10(3)6-7-11(14)17/h6-8H,4-5,9H2,1-3H3. The van der Waals surface area contributed by atoms with E-state index in [0.717, 1.165) is 23.4 Å². The molecule has 0 amide bonds. The highest BCUT2D eigenvalue weighted by molar-refractivity contribution is 6.31. The molecule has 0 saturated carbocycles. The molecule has 0 aliphatic carbocycles. The predicted octanol–water partition coefficient (Wildman–Crippen LogP) is 4.15. The quantitative estimate of drug-likeness (QED) is 0.829. The number of hydrogen-bond donors (Lipinski definition) is 0. The Balaban J connectivity index is 2.22. The summed E-state index contributed by atoms with van der Waals surface area (Å²) in [4.78, 5) is 0. The maximum atomic E-state index is 13.6. The average Bonchev–Trinajstić information content (AvgIpc) is 2.75. The van der Waals surface area contributed by atoms with E-state index < -0.39 is 0 Å². The van der Waals surface area contributed by atoms with Gasteiger partial charge in [0.15, 0.2) is 11.6 Å². The van der Waals surface area contributed by atoms with Crippen molar-refractivity contribution in [1.29, 1.82) is 0 Å². The number of halogens is 2. The number of ether oxygens (including phenoxy) is 1. The Labute approximate surface area is 123 Å². The Morgan fingerprint density at radius 1 is 1.35 bits per heavy atom. The molecule has 2 aromatic rings. The Hall–Kier alpha value is -1.55. The molecule has 0 bridgehead atoms. The first-order valence-corrected chi connectivity index (χ1v) is 7.07. The molecule has 0 aliphatic heterocycles. The fourth-order valence-electron chi connectivity index (χ4n) is 2.02. The maximum Gasteiger partial charge on any atom is 0.165 e. The molecule has 1 aromatic heterocycles. The smallest absolute Gasteiger partial charge is 0.165 e. The van der Waals surface area contributed by atoms with Crippen LogP contribution in [0.4, 0.5) is 4.39 Å². The molecule has 0 fully saturated rings. The molecule has 1 heterocycles. The highest BCUT2D eigenvalue weighted by Crippen LogP contribution is 2.25. The van der Waals surface area contributed by atoms with Crippen molar-refractivity contribution >= 4 is 11.6 Å². The molecule has 3 nitrogen and oxygen atoms in total. The van der Waals surface area contributed by atoms with Gasteiger partial charge in [0.25, 0.3) is 0 Å². The summed E-state index contributed by atoms with van der Waals surface area (Å²) in [5.41, 5.74) is 2.58. The summed E-state index contributed by atoms with van der Waals surface area (Å²) >= 11 is 6.29. The van der Waals surface area contributed by atoms with Gasteiger partial charge >= 0.3 is 0 Å². The fraction of sp³-hybridized carbons (Fsp3) is 0.400. The Kier molecular flexibility index (Phi) is 4.65. The summed E-state index contributed by atoms with van der Waals surface area (Å²) < 4.78 is 21.0. The third-order valence-corrected chi connectivity index (χ3v) is 3.58. The molecule has 108 valence electrons. The van der Waals surface area contributed by atoms with Crippen molar-refractivity contribution in [2.24, 2.45) is 0 Å². The molecule has 0 spiro atoms. The topological polar surface area (TPSA) is 27.1 Å². The van der Waals surface area contributed by atoms with Crippen LogP contribution in [0.25, 0.3) is 0 Å². The number of hydrogen-bond acceptors (Lipinski definition) is 2. The largest absolute Gasteiger partial charge is 0.484 e. The molecule has 0 unspecified atom stereocenters. The van der Waals surface area contributed by atoms with Crippen LogP contribution in [0.5, 0.6) is 5.75 Å². The third kappa shape index (κ3) is 2.96. The van der Waals surface area contributed by atoms with Crippen LogP contribution in [-0.2, 0) is 19.6 Å². The summed E-state index contributed by atoms with van der Waals surface area (Å²) in [6.07, 6.45) is 0.762. The molecule has 2 rings (SSSR count). The molecule has 1 aromatic carbocycles. The SMILES string of the molecule is CCc1nn(CC)c(COc2cc(C)ccc2F)c1Cl. The molecule has 5 heteroatoms. The van der Waals surface area contributed by atoms with Crippen LogP contribution in [0, 0.1) is 12.7 Å². The first-order chi connectivity index (χ1) is 9.56. The van der Waals surface area contributed by atoms with Gasteiger partial charge in [0.05, 0.1) is 16.4 Å². The minimum absolute atomic E-state index is 0.208. The van der Waals surface area contributed by atoms with E-state index in [0.29, 0.717) is 11.6 Å². The first kappa shape index (κ1) is 14.9. The van der Waals surface area contributed by atoms with Crippen LogP contribution >= 0.6 is 11.6 Å². The summed E-state index contributed by atoms with van der Waals surface area (Å²) in [5.74, 6) is -0.132. The lowest BCUT2D eigenvalue weighted by atomic mass is 10.2. The van der Waals surface area contributed by atoms with E-state index in [9.17, 15) is 4.39 Å². The van der Waals surface area contributed by atoms with Gasteiger partial charge in [-0.25, -0.2) is 4.39 Å². The lowest BCUT2D eigenvalue weighted by Gasteiger charge is -2.09. The highest BCUT2D eigenvalue weighted by Gasteiger charge is 2.15. The highest BCUT2D eigenvalue weighted by atomic mass is 35.5. The van der Waals surface area contributed by atoms with Gasteiger partial charge in [-0.05, 0) is 38.0 Å². The molecule has 0 N–H and O–H groups in total. The Morgan fingerprint density at radius 2 is 2.10 bits per heavy atom. The maximum absolute atomic E-state index is 13.6. The fourth-order valence-corrected chi connectivity index (χ4v) is 2.35. The van der Waals surface area contributed by atoms with Crippen molar-refractivity contribution in [3.05, 3.63) is 46.0 Å². The summed E-state index contributed by atoms with van der Waals surface area (Å²) in [6.45, 7) is 6.79. The Bertz CT molecular complexity index is 610. The minimum atomic E-state index is -0.370. The van der Waals surface area contributed by atoms with E-state index in [2.05, 4.69) is 5.10 Å². The van der Waals surface area contributed by atoms with Crippen molar-refractivity contribution in [2.75, 3.05) is 0 Å². The zero-order chi connectivity index (χ0) is 14.7. The van der Waals surface area contributed by atoms with Crippen molar-refractivity contribution in [1.82, 2.24) is 9.78 Å². The molecule has 20 heavy (non-hydrogen) atoms. The van der Waals surface area contributed by atoms with Crippen molar-refractivity contribution in [3.63, 3.8) is 0 Å². The van der Waals surface area contributed by atoms with Gasteiger partial charge < -0.3 is 4.74 Å². The molecule has 0 atom stereocenters. The van der Waals surface area contributed by atoms with Crippen molar-refractivity contribution < 1.29 is 9.13 Å². The van der Waals surface area contributed by atoms with E-state index in [-0.39, 0.29) is 18.2 Å². The molecule has 0 radical (unpaired) electrons. The van der Waals surface area contributed by atoms with Crippen LogP contribution in [0.15, 0.2) is 18.2 Å². The summed E-state index contributed by atoms with van der Waals surface area (Å²) in [5, 5.41) is 5.02. The van der Waals surface area contributed by atoms with Crippen molar-refractivity contribution in [2.45, 2.75) is 40.3 Å². The number of nitrogens with zero attached hydrogens (tertiary/aromatic N) is 2. The third-order valence-electron chi connectivity index (χ3n) is 3.15. The van der Waals surface area contributed by atoms with Gasteiger partial charge in [-0.2, -0.15) is 5.10 Å². The van der Waals surface area contributed by atoms with Crippen LogP contribution < -0.4 is 4.74 Å². The normalized spacial score (nSPS) is 10.8. The van der Waals surface area contributed by atoms with E-state index in [1.165, 1.54) is 6.07 Å². The van der Waals surface area contributed by atoms with Crippen molar-refractivity contribution in [3.8, 4) is 5.75 Å². The van der Waals surface area contributed by atoms with Gasteiger partial charge in [0.2, 0.25) is 0 Å². The number of aromatic nitrogens is 2. The van der Waals surface area contributed by atoms with Gasteiger partial charge in [0.1, 0.15) is 6.61 Å². The predicted molar refractivity (Wildman–Crippen MR) is 77.8 cm³/mol. The van der Waals surface area contributed by atoms with Crippen LogP contribution in [-0.4, -0.2) is 9.78 Å². The lowest BCUT2D eigenvalue weighted by molar-refractivity contribution is 0.278. The summed E-state index contributed by atoms with van der Waals surface area (Å²) in [7, 11) is 0. The monoisotopic (exact) mass is 296 g/mol. The van der Waals surface area contributed by atoms with Gasteiger partial charge in [-0.15, -0.1) is 0 Å². The van der Waals surface area contributed by atoms with Crippen LogP contribution in [0.1, 0.15) is 30.8 Å². The second-order valence-corrected chi connectivity index (χ2v) is 4.98. The second-order valence-electron chi connectivity index (χ2n) is 4.60. The van der Waals surface area contributed by atoms with Crippen LogP contribution in [0.3, 0.4) is 0 Å². The average molecular weight is 297 g/mol. The van der Waals surface area contributed by atoms with E-state index in [4.69, 9.17) is 16.3 Å². The summed E-state index contributed by atoms with van der Waals surface area (Å²) in [6, 6.07) is 4.79. The van der Waals surface area contributed by atoms with Gasteiger partial charge in [-0.3, -0.25) is 4.68 Å². The van der Waals surface area contributed by atoms with Gasteiger partial charge in [0, 0.05) is 6.54 Å². The number of rotatable bonds is 5. The van der Waals surface area contributed by atoms with Gasteiger partial charge in [-0.1, -0.05) is 24.6 Å². The molecular formula is C15H18ClFN2O. The molecule has 0 saturated heterocycles. The number of aryl methyl sites for hydroxylation is 3. The minimum Gasteiger partial charge on any atom is -0.484 e.